The quantitative estimate of drug-likeness (QED) is 0.494. The summed E-state index contributed by atoms with van der Waals surface area (Å²) in [6.07, 6.45) is 1.00. The molecule has 2 rings (SSSR count). The van der Waals surface area contributed by atoms with E-state index >= 15 is 0 Å². The van der Waals surface area contributed by atoms with Crippen LogP contribution in [0.25, 0.3) is 0 Å². The highest BCUT2D eigenvalue weighted by Crippen LogP contribution is 2.26. The number of thiazole rings is 1. The van der Waals surface area contributed by atoms with E-state index in [1.54, 1.807) is 25.1 Å². The number of carboxylic acids is 1. The standard InChI is InChI=1S/C13H11N3O5S/c1-7-3-2-4-8(5-7)10(12(18)19)11(17)15-13-14-6-9(22-13)16(20)21/h2-6,10H,1H3,(H,18,19)(H,14,15,17). The van der Waals surface area contributed by atoms with Gasteiger partial charge in [-0.15, -0.1) is 0 Å². The number of rotatable bonds is 5. The molecule has 1 heterocycles. The van der Waals surface area contributed by atoms with Gasteiger partial charge in [0.25, 0.3) is 0 Å². The fourth-order valence-corrected chi connectivity index (χ4v) is 2.48. The van der Waals surface area contributed by atoms with Crippen molar-refractivity contribution < 1.29 is 19.6 Å². The van der Waals surface area contributed by atoms with Crippen LogP contribution in [-0.2, 0) is 9.59 Å². The predicted octanol–water partition coefficient (Wildman–Crippen LogP) is 2.17. The maximum atomic E-state index is 12.1. The van der Waals surface area contributed by atoms with E-state index < -0.39 is 22.7 Å². The third-order valence-electron chi connectivity index (χ3n) is 2.79. The Kier molecular flexibility index (Phi) is 4.47. The molecule has 0 saturated carbocycles. The summed E-state index contributed by atoms with van der Waals surface area (Å²) in [7, 11) is 0. The van der Waals surface area contributed by atoms with Gasteiger partial charge in [0, 0.05) is 0 Å². The first-order valence-corrected chi connectivity index (χ1v) is 6.90. The van der Waals surface area contributed by atoms with E-state index in [9.17, 15) is 24.8 Å². The highest BCUT2D eigenvalue weighted by Gasteiger charge is 2.29. The average molecular weight is 321 g/mol. The van der Waals surface area contributed by atoms with E-state index in [1.807, 2.05) is 0 Å². The van der Waals surface area contributed by atoms with Gasteiger partial charge in [-0.05, 0) is 23.8 Å². The maximum Gasteiger partial charge on any atom is 0.345 e. The first-order chi connectivity index (χ1) is 10.4. The van der Waals surface area contributed by atoms with Crippen LogP contribution in [0.2, 0.25) is 0 Å². The molecule has 1 aromatic carbocycles. The van der Waals surface area contributed by atoms with Gasteiger partial charge in [-0.2, -0.15) is 0 Å². The summed E-state index contributed by atoms with van der Waals surface area (Å²) in [6, 6.07) is 6.57. The molecule has 0 aliphatic carbocycles. The molecule has 0 spiro atoms. The van der Waals surface area contributed by atoms with E-state index in [0.717, 1.165) is 11.8 Å². The molecular weight excluding hydrogens is 310 g/mol. The molecule has 8 nitrogen and oxygen atoms in total. The minimum Gasteiger partial charge on any atom is -0.480 e. The van der Waals surface area contributed by atoms with Crippen molar-refractivity contribution in [1.82, 2.24) is 4.98 Å². The lowest BCUT2D eigenvalue weighted by atomic mass is 9.97. The molecule has 22 heavy (non-hydrogen) atoms. The zero-order valence-corrected chi connectivity index (χ0v) is 12.2. The largest absolute Gasteiger partial charge is 0.480 e. The van der Waals surface area contributed by atoms with Crippen LogP contribution < -0.4 is 5.32 Å². The number of nitrogens with one attached hydrogen (secondary N) is 1. The molecule has 9 heteroatoms. The fraction of sp³-hybridized carbons (Fsp3) is 0.154. The van der Waals surface area contributed by atoms with Crippen molar-refractivity contribution in [3.63, 3.8) is 0 Å². The van der Waals surface area contributed by atoms with Crippen molar-refractivity contribution >= 4 is 33.3 Å². The van der Waals surface area contributed by atoms with Gasteiger partial charge >= 0.3 is 11.0 Å². The summed E-state index contributed by atoms with van der Waals surface area (Å²) in [6.45, 7) is 1.78. The van der Waals surface area contributed by atoms with Crippen LogP contribution in [0.4, 0.5) is 10.1 Å². The van der Waals surface area contributed by atoms with Crippen LogP contribution in [0.5, 0.6) is 0 Å². The molecule has 2 N–H and O–H groups in total. The summed E-state index contributed by atoms with van der Waals surface area (Å²) in [4.78, 5) is 37.1. The minimum atomic E-state index is -1.41. The zero-order valence-electron chi connectivity index (χ0n) is 11.3. The molecular formula is C13H11N3O5S. The average Bonchev–Trinajstić information content (AvgIpc) is 2.87. The zero-order chi connectivity index (χ0) is 16.3. The number of aliphatic carboxylic acids is 1. The number of hydrogen-bond acceptors (Lipinski definition) is 6. The number of carbonyl (C=O) groups excluding carboxylic acids is 1. The highest BCUT2D eigenvalue weighted by atomic mass is 32.1. The lowest BCUT2D eigenvalue weighted by molar-refractivity contribution is -0.380. The lowest BCUT2D eigenvalue weighted by Gasteiger charge is -2.12. The molecule has 0 aliphatic heterocycles. The van der Waals surface area contributed by atoms with E-state index in [2.05, 4.69) is 10.3 Å². The monoisotopic (exact) mass is 321 g/mol. The number of nitrogens with zero attached hydrogens (tertiary/aromatic N) is 2. The second-order valence-corrected chi connectivity index (χ2v) is 5.44. The Morgan fingerprint density at radius 2 is 2.18 bits per heavy atom. The van der Waals surface area contributed by atoms with E-state index in [0.29, 0.717) is 16.9 Å². The SMILES string of the molecule is Cc1cccc(C(C(=O)O)C(=O)Nc2ncc([N+](=O)[O-])s2)c1. The topological polar surface area (TPSA) is 122 Å². The van der Waals surface area contributed by atoms with Gasteiger partial charge in [-0.3, -0.25) is 19.7 Å². The summed E-state index contributed by atoms with van der Waals surface area (Å²) in [5.41, 5.74) is 1.15. The van der Waals surface area contributed by atoms with Gasteiger partial charge in [-0.1, -0.05) is 29.8 Å². The van der Waals surface area contributed by atoms with E-state index in [-0.39, 0.29) is 10.1 Å². The minimum absolute atomic E-state index is 0.0180. The Bertz CT molecular complexity index is 743. The Morgan fingerprint density at radius 3 is 2.73 bits per heavy atom. The summed E-state index contributed by atoms with van der Waals surface area (Å²) in [5, 5.41) is 21.9. The Balaban J connectivity index is 2.23. The van der Waals surface area contributed by atoms with Gasteiger partial charge in [0.05, 0.1) is 4.92 Å². The number of anilines is 1. The molecule has 1 unspecified atom stereocenters. The Hall–Kier alpha value is -2.81. The molecule has 0 fully saturated rings. The van der Waals surface area contributed by atoms with Gasteiger partial charge in [0.2, 0.25) is 5.91 Å². The molecule has 1 amide bonds. The van der Waals surface area contributed by atoms with E-state index in [1.165, 1.54) is 6.07 Å². The first-order valence-electron chi connectivity index (χ1n) is 6.09. The molecule has 1 atom stereocenters. The Labute approximate surface area is 128 Å². The molecule has 0 bridgehead atoms. The van der Waals surface area contributed by atoms with Crippen LogP contribution in [-0.4, -0.2) is 26.9 Å². The smallest absolute Gasteiger partial charge is 0.345 e. The maximum absolute atomic E-state index is 12.1. The summed E-state index contributed by atoms with van der Waals surface area (Å²) < 4.78 is 0. The predicted molar refractivity (Wildman–Crippen MR) is 79.0 cm³/mol. The lowest BCUT2D eigenvalue weighted by Crippen LogP contribution is -2.27. The van der Waals surface area contributed by atoms with Crippen LogP contribution in [0.3, 0.4) is 0 Å². The van der Waals surface area contributed by atoms with Crippen molar-refractivity contribution in [1.29, 1.82) is 0 Å². The van der Waals surface area contributed by atoms with Crippen LogP contribution in [0.15, 0.2) is 30.5 Å². The normalized spacial score (nSPS) is 11.7. The highest BCUT2D eigenvalue weighted by molar-refractivity contribution is 7.18. The second-order valence-electron chi connectivity index (χ2n) is 4.44. The summed E-state index contributed by atoms with van der Waals surface area (Å²) >= 11 is 0.662. The number of benzene rings is 1. The van der Waals surface area contributed by atoms with Crippen LogP contribution in [0.1, 0.15) is 17.0 Å². The molecule has 2 aromatic rings. The number of nitro groups is 1. The number of carbonyl (C=O) groups is 2. The fourth-order valence-electron chi connectivity index (χ4n) is 1.84. The molecule has 0 aliphatic rings. The van der Waals surface area contributed by atoms with Crippen molar-refractivity contribution in [3.05, 3.63) is 51.7 Å². The number of carboxylic acid groups (broad SMARTS) is 1. The molecule has 0 radical (unpaired) electrons. The third kappa shape index (κ3) is 3.44. The van der Waals surface area contributed by atoms with Gasteiger partial charge in [-0.25, -0.2) is 4.98 Å². The van der Waals surface area contributed by atoms with E-state index in [4.69, 9.17) is 0 Å². The van der Waals surface area contributed by atoms with Gasteiger partial charge < -0.3 is 10.4 Å². The van der Waals surface area contributed by atoms with Crippen LogP contribution in [0, 0.1) is 17.0 Å². The van der Waals surface area contributed by atoms with Crippen molar-refractivity contribution in [2.75, 3.05) is 5.32 Å². The number of hydrogen-bond donors (Lipinski definition) is 2. The van der Waals surface area contributed by atoms with Crippen molar-refractivity contribution in [2.45, 2.75) is 12.8 Å². The molecule has 1 aromatic heterocycles. The number of aromatic nitrogens is 1. The molecule has 0 saturated heterocycles. The number of amides is 1. The Morgan fingerprint density at radius 1 is 1.45 bits per heavy atom. The number of aryl methyl sites for hydroxylation is 1. The molecule has 114 valence electrons. The first kappa shape index (κ1) is 15.6. The van der Waals surface area contributed by atoms with Gasteiger partial charge in [0.1, 0.15) is 6.20 Å². The van der Waals surface area contributed by atoms with Crippen molar-refractivity contribution in [3.8, 4) is 0 Å². The third-order valence-corrected chi connectivity index (χ3v) is 3.65. The van der Waals surface area contributed by atoms with Crippen molar-refractivity contribution in [2.24, 2.45) is 0 Å². The second kappa shape index (κ2) is 6.31. The summed E-state index contributed by atoms with van der Waals surface area (Å²) in [5.74, 6) is -3.53. The van der Waals surface area contributed by atoms with Crippen LogP contribution >= 0.6 is 11.3 Å². The van der Waals surface area contributed by atoms with Gasteiger partial charge in [0.15, 0.2) is 11.0 Å².